The molecular formula is C15H16ClN3O2. The summed E-state index contributed by atoms with van der Waals surface area (Å²) in [5, 5.41) is 0.352. The van der Waals surface area contributed by atoms with Crippen molar-refractivity contribution in [2.75, 3.05) is 4.90 Å². The normalized spacial score (nSPS) is 31.6. The molecule has 0 spiro atoms. The largest absolute Gasteiger partial charge is 0.332 e. The van der Waals surface area contributed by atoms with Crippen molar-refractivity contribution in [1.82, 2.24) is 9.88 Å². The number of carbonyl (C=O) groups excluding carboxylic acids is 2. The van der Waals surface area contributed by atoms with Gasteiger partial charge >= 0.3 is 6.03 Å². The molecule has 3 amide bonds. The predicted molar refractivity (Wildman–Crippen MR) is 78.1 cm³/mol. The standard InChI is InChI=1S/C15H16ClN3O2/c16-13-6-5-10(8-17-13)18-14(20)12-7-9-3-1-2-4-11(9)19(12)15(18)21/h5-6,8-9,11-12H,1-4,7H2/t9-,11-,12-/m0/s1. The number of hydrogen-bond acceptors (Lipinski definition) is 3. The fraction of sp³-hybridized carbons (Fsp3) is 0.533. The number of urea groups is 1. The number of anilines is 1. The molecule has 0 N–H and O–H groups in total. The van der Waals surface area contributed by atoms with E-state index in [9.17, 15) is 9.59 Å². The molecule has 0 radical (unpaired) electrons. The maximum Gasteiger partial charge on any atom is 0.332 e. The van der Waals surface area contributed by atoms with Gasteiger partial charge in [0.05, 0.1) is 11.9 Å². The van der Waals surface area contributed by atoms with E-state index in [1.165, 1.54) is 17.5 Å². The molecule has 3 aliphatic rings. The van der Waals surface area contributed by atoms with Gasteiger partial charge in [-0.3, -0.25) is 4.79 Å². The monoisotopic (exact) mass is 305 g/mol. The Morgan fingerprint density at radius 3 is 2.76 bits per heavy atom. The molecule has 6 heteroatoms. The smallest absolute Gasteiger partial charge is 0.309 e. The van der Waals surface area contributed by atoms with Gasteiger partial charge in [0.15, 0.2) is 0 Å². The van der Waals surface area contributed by atoms with E-state index >= 15 is 0 Å². The molecule has 0 aromatic carbocycles. The van der Waals surface area contributed by atoms with Crippen molar-refractivity contribution in [3.8, 4) is 0 Å². The van der Waals surface area contributed by atoms with Crippen LogP contribution in [0.15, 0.2) is 18.3 Å². The number of fused-ring (bicyclic) bond motifs is 3. The molecule has 21 heavy (non-hydrogen) atoms. The highest BCUT2D eigenvalue weighted by molar-refractivity contribution is 6.29. The number of halogens is 1. The number of rotatable bonds is 1. The Morgan fingerprint density at radius 1 is 1.19 bits per heavy atom. The van der Waals surface area contributed by atoms with Gasteiger partial charge in [0.25, 0.3) is 5.91 Å². The predicted octanol–water partition coefficient (Wildman–Crippen LogP) is 2.83. The fourth-order valence-corrected chi connectivity index (χ4v) is 4.16. The third-order valence-corrected chi connectivity index (χ3v) is 5.20. The van der Waals surface area contributed by atoms with Crippen LogP contribution in [0.4, 0.5) is 10.5 Å². The Bertz CT molecular complexity index is 603. The topological polar surface area (TPSA) is 53.5 Å². The van der Waals surface area contributed by atoms with E-state index in [2.05, 4.69) is 4.98 Å². The Morgan fingerprint density at radius 2 is 2.00 bits per heavy atom. The molecule has 110 valence electrons. The lowest BCUT2D eigenvalue weighted by Gasteiger charge is -2.30. The van der Waals surface area contributed by atoms with Crippen LogP contribution in [0.3, 0.4) is 0 Å². The molecule has 1 aromatic heterocycles. The Hall–Kier alpha value is -1.62. The maximum absolute atomic E-state index is 12.7. The molecule has 4 rings (SSSR count). The Labute approximate surface area is 127 Å². The van der Waals surface area contributed by atoms with Crippen molar-refractivity contribution in [2.24, 2.45) is 5.92 Å². The third-order valence-electron chi connectivity index (χ3n) is 4.98. The van der Waals surface area contributed by atoms with Gasteiger partial charge in [-0.1, -0.05) is 24.4 Å². The van der Waals surface area contributed by atoms with E-state index in [0.717, 1.165) is 25.7 Å². The lowest BCUT2D eigenvalue weighted by molar-refractivity contribution is -0.119. The van der Waals surface area contributed by atoms with Gasteiger partial charge in [0.2, 0.25) is 0 Å². The second kappa shape index (κ2) is 4.70. The first kappa shape index (κ1) is 13.1. The number of hydrogen-bond donors (Lipinski definition) is 0. The Kier molecular flexibility index (Phi) is 2.92. The first-order chi connectivity index (χ1) is 10.2. The van der Waals surface area contributed by atoms with E-state index in [1.54, 1.807) is 12.1 Å². The number of carbonyl (C=O) groups is 2. The van der Waals surface area contributed by atoms with E-state index in [-0.39, 0.29) is 24.0 Å². The van der Waals surface area contributed by atoms with Gasteiger partial charge in [-0.25, -0.2) is 14.7 Å². The lowest BCUT2D eigenvalue weighted by atomic mass is 9.84. The van der Waals surface area contributed by atoms with E-state index in [0.29, 0.717) is 16.8 Å². The van der Waals surface area contributed by atoms with Crippen LogP contribution in [0.5, 0.6) is 0 Å². The van der Waals surface area contributed by atoms with Crippen LogP contribution in [-0.2, 0) is 4.79 Å². The summed E-state index contributed by atoms with van der Waals surface area (Å²) < 4.78 is 0. The first-order valence-electron chi connectivity index (χ1n) is 7.44. The van der Waals surface area contributed by atoms with Crippen LogP contribution in [0.1, 0.15) is 32.1 Å². The van der Waals surface area contributed by atoms with Gasteiger partial charge in [0.1, 0.15) is 11.2 Å². The molecular weight excluding hydrogens is 290 g/mol. The maximum atomic E-state index is 12.7. The van der Waals surface area contributed by atoms with Gasteiger partial charge < -0.3 is 4.90 Å². The number of aromatic nitrogens is 1. The van der Waals surface area contributed by atoms with Crippen molar-refractivity contribution in [2.45, 2.75) is 44.2 Å². The second-order valence-corrected chi connectivity index (χ2v) is 6.45. The second-order valence-electron chi connectivity index (χ2n) is 6.07. The van der Waals surface area contributed by atoms with Crippen molar-refractivity contribution in [1.29, 1.82) is 0 Å². The van der Waals surface area contributed by atoms with E-state index in [1.807, 2.05) is 4.90 Å². The minimum atomic E-state index is -0.277. The molecule has 3 heterocycles. The van der Waals surface area contributed by atoms with Gasteiger partial charge in [-0.15, -0.1) is 0 Å². The lowest BCUT2D eigenvalue weighted by Crippen LogP contribution is -2.41. The zero-order chi connectivity index (χ0) is 14.6. The number of nitrogens with zero attached hydrogens (tertiary/aromatic N) is 3. The van der Waals surface area contributed by atoms with Gasteiger partial charge in [-0.2, -0.15) is 0 Å². The molecule has 5 nitrogen and oxygen atoms in total. The highest BCUT2D eigenvalue weighted by atomic mass is 35.5. The first-order valence-corrected chi connectivity index (χ1v) is 7.82. The Balaban J connectivity index is 1.66. The quantitative estimate of drug-likeness (QED) is 0.592. The summed E-state index contributed by atoms with van der Waals surface area (Å²) >= 11 is 5.77. The molecule has 0 bridgehead atoms. The summed E-state index contributed by atoms with van der Waals surface area (Å²) in [5.74, 6) is 0.390. The van der Waals surface area contributed by atoms with E-state index < -0.39 is 0 Å². The van der Waals surface area contributed by atoms with Gasteiger partial charge in [0, 0.05) is 6.04 Å². The van der Waals surface area contributed by atoms with Crippen LogP contribution in [0, 0.1) is 5.92 Å². The number of pyridine rings is 1. The van der Waals surface area contributed by atoms with Crippen molar-refractivity contribution < 1.29 is 9.59 Å². The van der Waals surface area contributed by atoms with Gasteiger partial charge in [-0.05, 0) is 37.3 Å². The zero-order valence-corrected chi connectivity index (χ0v) is 12.3. The summed E-state index contributed by atoms with van der Waals surface area (Å²) in [6.07, 6.45) is 6.82. The van der Waals surface area contributed by atoms with Crippen LogP contribution in [-0.4, -0.2) is 33.9 Å². The highest BCUT2D eigenvalue weighted by Crippen LogP contribution is 2.44. The minimum absolute atomic E-state index is 0.112. The van der Waals surface area contributed by atoms with Crippen LogP contribution < -0.4 is 4.90 Å². The van der Waals surface area contributed by atoms with E-state index in [4.69, 9.17) is 11.6 Å². The van der Waals surface area contributed by atoms with Crippen molar-refractivity contribution in [3.63, 3.8) is 0 Å². The van der Waals surface area contributed by atoms with Crippen LogP contribution in [0.25, 0.3) is 0 Å². The number of amides is 3. The summed E-state index contributed by atoms with van der Waals surface area (Å²) in [4.78, 5) is 32.4. The molecule has 0 unspecified atom stereocenters. The average molecular weight is 306 g/mol. The van der Waals surface area contributed by atoms with Crippen molar-refractivity contribution >= 4 is 29.2 Å². The third kappa shape index (κ3) is 1.87. The molecule has 2 saturated heterocycles. The SMILES string of the molecule is O=C1[C@@H]2C[C@@H]3CCCC[C@@H]3N2C(=O)N1c1ccc(Cl)nc1. The minimum Gasteiger partial charge on any atom is -0.309 e. The number of imide groups is 1. The fourth-order valence-electron chi connectivity index (χ4n) is 4.05. The van der Waals surface area contributed by atoms with Crippen molar-refractivity contribution in [3.05, 3.63) is 23.5 Å². The summed E-state index contributed by atoms with van der Waals surface area (Å²) in [7, 11) is 0. The molecule has 1 aromatic rings. The molecule has 3 fully saturated rings. The average Bonchev–Trinajstić information content (AvgIpc) is 2.98. The molecule has 2 aliphatic heterocycles. The summed E-state index contributed by atoms with van der Waals surface area (Å²) in [6, 6.07) is 3.05. The van der Waals surface area contributed by atoms with Crippen LogP contribution in [0.2, 0.25) is 5.15 Å². The summed E-state index contributed by atoms with van der Waals surface area (Å²) in [5.41, 5.74) is 0.510. The van der Waals surface area contributed by atoms with Crippen LogP contribution >= 0.6 is 11.6 Å². The summed E-state index contributed by atoms with van der Waals surface area (Å²) in [6.45, 7) is 0. The molecule has 1 saturated carbocycles. The molecule has 3 atom stereocenters. The molecule has 1 aliphatic carbocycles. The zero-order valence-electron chi connectivity index (χ0n) is 11.5. The highest BCUT2D eigenvalue weighted by Gasteiger charge is 2.55.